The SMILES string of the molecule is Cn1cc(-c2cccc(N3CCc4c(sc5c4CCCC5)C3)c2CO)cc(Nc2ccncn2)c1=O. The van der Waals surface area contributed by atoms with Crippen LogP contribution in [0.2, 0.25) is 0 Å². The van der Waals surface area contributed by atoms with Gasteiger partial charge in [0.2, 0.25) is 0 Å². The Bertz CT molecular complexity index is 1480. The van der Waals surface area contributed by atoms with E-state index in [4.69, 9.17) is 0 Å². The van der Waals surface area contributed by atoms with Crippen LogP contribution in [0.3, 0.4) is 0 Å². The Labute approximate surface area is 214 Å². The third kappa shape index (κ3) is 4.10. The number of aromatic nitrogens is 3. The predicted octanol–water partition coefficient (Wildman–Crippen LogP) is 4.58. The maximum Gasteiger partial charge on any atom is 0.274 e. The highest BCUT2D eigenvalue weighted by Crippen LogP contribution is 2.40. The van der Waals surface area contributed by atoms with E-state index in [1.807, 2.05) is 35.7 Å². The van der Waals surface area contributed by atoms with E-state index >= 15 is 0 Å². The highest BCUT2D eigenvalue weighted by atomic mass is 32.1. The normalized spacial score (nSPS) is 14.9. The zero-order valence-electron chi connectivity index (χ0n) is 20.3. The number of nitrogens with one attached hydrogen (secondary N) is 1. The van der Waals surface area contributed by atoms with Gasteiger partial charge in [-0.3, -0.25) is 4.79 Å². The fraction of sp³-hybridized carbons (Fsp3) is 0.321. The molecule has 0 spiro atoms. The van der Waals surface area contributed by atoms with Gasteiger partial charge in [0, 0.05) is 52.6 Å². The molecule has 7 nitrogen and oxygen atoms in total. The molecule has 8 heteroatoms. The van der Waals surface area contributed by atoms with E-state index in [0.717, 1.165) is 41.9 Å². The van der Waals surface area contributed by atoms with E-state index in [0.29, 0.717) is 11.5 Å². The topological polar surface area (TPSA) is 83.3 Å². The average molecular weight is 500 g/mol. The van der Waals surface area contributed by atoms with Gasteiger partial charge in [0.25, 0.3) is 5.56 Å². The van der Waals surface area contributed by atoms with Gasteiger partial charge in [-0.15, -0.1) is 11.3 Å². The molecule has 0 saturated heterocycles. The number of aliphatic hydroxyl groups is 1. The van der Waals surface area contributed by atoms with Crippen molar-refractivity contribution in [3.8, 4) is 11.1 Å². The van der Waals surface area contributed by atoms with Crippen molar-refractivity contribution in [2.24, 2.45) is 7.05 Å². The summed E-state index contributed by atoms with van der Waals surface area (Å²) in [6, 6.07) is 9.73. The summed E-state index contributed by atoms with van der Waals surface area (Å²) in [4.78, 5) is 26.4. The van der Waals surface area contributed by atoms with Crippen molar-refractivity contribution in [1.29, 1.82) is 0 Å². The molecule has 6 rings (SSSR count). The lowest BCUT2D eigenvalue weighted by molar-refractivity contribution is 0.282. The lowest BCUT2D eigenvalue weighted by atomic mass is 9.91. The average Bonchev–Trinajstić information content (AvgIpc) is 3.29. The number of hydrogen-bond donors (Lipinski definition) is 2. The van der Waals surface area contributed by atoms with Crippen LogP contribution in [0.25, 0.3) is 11.1 Å². The monoisotopic (exact) mass is 499 g/mol. The second-order valence-electron chi connectivity index (χ2n) is 9.52. The number of aliphatic hydroxyl groups excluding tert-OH is 1. The summed E-state index contributed by atoms with van der Waals surface area (Å²) in [6.45, 7) is 1.75. The molecule has 0 atom stereocenters. The quantitative estimate of drug-likeness (QED) is 0.418. The summed E-state index contributed by atoms with van der Waals surface area (Å²) in [6.07, 6.45) is 11.0. The molecule has 1 aliphatic carbocycles. The minimum absolute atomic E-state index is 0.0761. The molecular formula is C28H29N5O2S. The molecule has 1 aliphatic heterocycles. The zero-order chi connectivity index (χ0) is 24.6. The van der Waals surface area contributed by atoms with E-state index in [2.05, 4.69) is 26.3 Å². The number of fused-ring (bicyclic) bond motifs is 3. The second-order valence-corrected chi connectivity index (χ2v) is 10.7. The minimum Gasteiger partial charge on any atom is -0.392 e. The van der Waals surface area contributed by atoms with Crippen LogP contribution in [0.1, 0.15) is 39.3 Å². The van der Waals surface area contributed by atoms with E-state index < -0.39 is 0 Å². The number of benzene rings is 1. The van der Waals surface area contributed by atoms with Crippen LogP contribution in [0.15, 0.2) is 53.8 Å². The van der Waals surface area contributed by atoms with Crippen LogP contribution < -0.4 is 15.8 Å². The first-order chi connectivity index (χ1) is 17.6. The summed E-state index contributed by atoms with van der Waals surface area (Å²) < 4.78 is 1.57. The summed E-state index contributed by atoms with van der Waals surface area (Å²) in [5.74, 6) is 0.554. The second kappa shape index (κ2) is 9.52. The molecule has 0 bridgehead atoms. The molecule has 0 saturated carbocycles. The predicted molar refractivity (Wildman–Crippen MR) is 144 cm³/mol. The fourth-order valence-electron chi connectivity index (χ4n) is 5.57. The van der Waals surface area contributed by atoms with Crippen LogP contribution >= 0.6 is 11.3 Å². The van der Waals surface area contributed by atoms with Crippen LogP contribution in [0.4, 0.5) is 17.2 Å². The van der Waals surface area contributed by atoms with Crippen molar-refractivity contribution in [2.45, 2.75) is 45.3 Å². The number of pyridine rings is 1. The van der Waals surface area contributed by atoms with Crippen molar-refractivity contribution in [3.05, 3.63) is 85.9 Å². The Morgan fingerprint density at radius 3 is 2.81 bits per heavy atom. The van der Waals surface area contributed by atoms with Crippen LogP contribution in [0.5, 0.6) is 0 Å². The molecule has 2 N–H and O–H groups in total. The van der Waals surface area contributed by atoms with Gasteiger partial charge >= 0.3 is 0 Å². The highest BCUT2D eigenvalue weighted by Gasteiger charge is 2.27. The third-order valence-corrected chi connectivity index (χ3v) is 8.64. The van der Waals surface area contributed by atoms with Gasteiger partial charge in [-0.2, -0.15) is 0 Å². The molecule has 3 aromatic heterocycles. The highest BCUT2D eigenvalue weighted by molar-refractivity contribution is 7.12. The third-order valence-electron chi connectivity index (χ3n) is 7.32. The van der Waals surface area contributed by atoms with Crippen molar-refractivity contribution >= 4 is 28.5 Å². The Hall–Kier alpha value is -3.49. The number of aryl methyl sites for hydroxylation is 2. The first-order valence-electron chi connectivity index (χ1n) is 12.5. The largest absolute Gasteiger partial charge is 0.392 e. The van der Waals surface area contributed by atoms with Crippen molar-refractivity contribution in [2.75, 3.05) is 16.8 Å². The van der Waals surface area contributed by atoms with Crippen molar-refractivity contribution in [1.82, 2.24) is 14.5 Å². The lowest BCUT2D eigenvalue weighted by Gasteiger charge is -2.32. The zero-order valence-corrected chi connectivity index (χ0v) is 21.1. The Morgan fingerprint density at radius 2 is 1.97 bits per heavy atom. The fourth-order valence-corrected chi connectivity index (χ4v) is 7.03. The number of nitrogens with zero attached hydrogens (tertiary/aromatic N) is 4. The first-order valence-corrected chi connectivity index (χ1v) is 13.3. The standard InChI is InChI=1S/C28H29N5O2S/c1-32-14-18(13-23(28(32)35)31-27-9-11-29-17-30-27)19-6-4-7-24(22(19)16-34)33-12-10-21-20-5-2-3-8-25(20)36-26(21)15-33/h4,6-7,9,11,13-14,17,34H,2-3,5,8,10,12,15-16H2,1H3,(H,29,30,31). The Balaban J connectivity index is 1.36. The van der Waals surface area contributed by atoms with Gasteiger partial charge in [-0.05, 0) is 67.0 Å². The smallest absolute Gasteiger partial charge is 0.274 e. The first kappa shape index (κ1) is 22.9. The molecule has 0 fully saturated rings. The molecule has 36 heavy (non-hydrogen) atoms. The van der Waals surface area contributed by atoms with E-state index in [1.165, 1.54) is 36.9 Å². The summed E-state index contributed by atoms with van der Waals surface area (Å²) >= 11 is 2.00. The molecule has 4 aromatic rings. The Morgan fingerprint density at radius 1 is 1.11 bits per heavy atom. The molecule has 184 valence electrons. The maximum absolute atomic E-state index is 12.8. The Kier molecular flexibility index (Phi) is 6.07. The van der Waals surface area contributed by atoms with Gasteiger partial charge in [-0.1, -0.05) is 12.1 Å². The molecule has 1 aromatic carbocycles. The van der Waals surface area contributed by atoms with E-state index in [1.54, 1.807) is 39.9 Å². The molecule has 4 heterocycles. The summed E-state index contributed by atoms with van der Waals surface area (Å²) in [5, 5.41) is 13.6. The van der Waals surface area contributed by atoms with E-state index in [-0.39, 0.29) is 12.2 Å². The lowest BCUT2D eigenvalue weighted by Crippen LogP contribution is -2.30. The van der Waals surface area contributed by atoms with Crippen molar-refractivity contribution in [3.63, 3.8) is 0 Å². The number of anilines is 3. The van der Waals surface area contributed by atoms with Gasteiger partial charge < -0.3 is 19.9 Å². The summed E-state index contributed by atoms with van der Waals surface area (Å²) in [7, 11) is 1.74. The minimum atomic E-state index is -0.149. The molecule has 0 amide bonds. The molecule has 0 unspecified atom stereocenters. The number of rotatable bonds is 5. The molecular weight excluding hydrogens is 470 g/mol. The van der Waals surface area contributed by atoms with Crippen molar-refractivity contribution < 1.29 is 5.11 Å². The summed E-state index contributed by atoms with van der Waals surface area (Å²) in [5.41, 5.74) is 7.23. The van der Waals surface area contributed by atoms with Gasteiger partial charge in [-0.25, -0.2) is 9.97 Å². The molecule has 2 aliphatic rings. The van der Waals surface area contributed by atoms with Gasteiger partial charge in [0.05, 0.1) is 13.2 Å². The maximum atomic E-state index is 12.8. The number of hydrogen-bond acceptors (Lipinski definition) is 7. The van der Waals surface area contributed by atoms with E-state index in [9.17, 15) is 9.90 Å². The number of thiophene rings is 1. The van der Waals surface area contributed by atoms with Gasteiger partial charge in [0.1, 0.15) is 17.8 Å². The van der Waals surface area contributed by atoms with Crippen LogP contribution in [-0.2, 0) is 39.5 Å². The van der Waals surface area contributed by atoms with Crippen LogP contribution in [0, 0.1) is 0 Å². The molecule has 0 radical (unpaired) electrons. The van der Waals surface area contributed by atoms with Crippen LogP contribution in [-0.4, -0.2) is 26.2 Å². The van der Waals surface area contributed by atoms with Gasteiger partial charge in [0.15, 0.2) is 0 Å².